The van der Waals surface area contributed by atoms with Crippen LogP contribution in [0.15, 0.2) is 12.7 Å². The first kappa shape index (κ1) is 15.3. The highest BCUT2D eigenvalue weighted by molar-refractivity contribution is 6.13. The van der Waals surface area contributed by atoms with E-state index in [1.165, 1.54) is 6.08 Å². The summed E-state index contributed by atoms with van der Waals surface area (Å²) in [7, 11) is 0.797. The zero-order chi connectivity index (χ0) is 12.4. The van der Waals surface area contributed by atoms with Crippen molar-refractivity contribution < 1.29 is 19.0 Å². The van der Waals surface area contributed by atoms with Crippen molar-refractivity contribution in [1.82, 2.24) is 0 Å². The van der Waals surface area contributed by atoms with E-state index in [0.29, 0.717) is 19.8 Å². The lowest BCUT2D eigenvalue weighted by atomic mass is 10.3. The topological polar surface area (TPSA) is 44.8 Å². The van der Waals surface area contributed by atoms with Gasteiger partial charge < -0.3 is 14.2 Å². The molecule has 94 valence electrons. The Balaban J connectivity index is 3.84. The monoisotopic (exact) mass is 246 g/mol. The molecule has 0 aromatic rings. The second-order valence-corrected chi connectivity index (χ2v) is 5.00. The Labute approximate surface area is 100 Å². The maximum Gasteiger partial charge on any atom is 0.330 e. The Hall–Kier alpha value is -0.653. The fraction of sp³-hybridized carbons (Fsp3) is 0.727. The third-order valence-electron chi connectivity index (χ3n) is 2.09. The molecule has 0 aliphatic carbocycles. The molecule has 0 aromatic heterocycles. The first-order valence-corrected chi connectivity index (χ1v) is 6.65. The molecule has 0 amide bonds. The van der Waals surface area contributed by atoms with Crippen LogP contribution in [0, 0.1) is 0 Å². The molecule has 0 rings (SSSR count). The van der Waals surface area contributed by atoms with E-state index in [1.807, 2.05) is 13.8 Å². The van der Waals surface area contributed by atoms with Crippen LogP contribution in [0.3, 0.4) is 0 Å². The number of carbonyl (C=O) groups is 1. The highest BCUT2D eigenvalue weighted by Crippen LogP contribution is 2.16. The molecule has 4 nitrogen and oxygen atoms in total. The lowest BCUT2D eigenvalue weighted by Crippen LogP contribution is -2.37. The molecule has 0 saturated heterocycles. The standard InChI is InChI=1S/C11H22O4Si/c1-4-10(12)13-9-7-8-11(16,14-5-2)15-6-3/h4H,1,5-9H2,2-3,16H3. The molecule has 0 heterocycles. The molecule has 0 N–H and O–H groups in total. The van der Waals surface area contributed by atoms with Crippen LogP contribution in [-0.2, 0) is 19.0 Å². The van der Waals surface area contributed by atoms with Crippen LogP contribution in [0.4, 0.5) is 0 Å². The summed E-state index contributed by atoms with van der Waals surface area (Å²) in [6.07, 6.45) is 2.66. The Morgan fingerprint density at radius 1 is 1.38 bits per heavy atom. The van der Waals surface area contributed by atoms with Gasteiger partial charge in [0, 0.05) is 19.3 Å². The number of rotatable bonds is 9. The summed E-state index contributed by atoms with van der Waals surface area (Å²) in [5.74, 6) is -0.383. The molecule has 0 aromatic carbocycles. The van der Waals surface area contributed by atoms with Crippen molar-refractivity contribution in [3.05, 3.63) is 12.7 Å². The summed E-state index contributed by atoms with van der Waals surface area (Å²) in [5.41, 5.74) is -0.440. The first-order valence-electron chi connectivity index (χ1n) is 5.65. The van der Waals surface area contributed by atoms with Gasteiger partial charge in [-0.1, -0.05) is 6.58 Å². The van der Waals surface area contributed by atoms with Gasteiger partial charge >= 0.3 is 5.97 Å². The molecule has 0 spiro atoms. The van der Waals surface area contributed by atoms with E-state index < -0.39 is 5.41 Å². The molecular weight excluding hydrogens is 224 g/mol. The molecule has 0 saturated carbocycles. The maximum absolute atomic E-state index is 10.8. The van der Waals surface area contributed by atoms with Crippen molar-refractivity contribution in [2.75, 3.05) is 19.8 Å². The average molecular weight is 246 g/mol. The van der Waals surface area contributed by atoms with Crippen LogP contribution < -0.4 is 0 Å². The Bertz CT molecular complexity index is 212. The quantitative estimate of drug-likeness (QED) is 0.196. The summed E-state index contributed by atoms with van der Waals surface area (Å²) < 4.78 is 16.1. The van der Waals surface area contributed by atoms with Crippen LogP contribution in [0.5, 0.6) is 0 Å². The predicted octanol–water partition coefficient (Wildman–Crippen LogP) is 0.588. The molecule has 0 unspecified atom stereocenters. The van der Waals surface area contributed by atoms with Gasteiger partial charge in [0.25, 0.3) is 0 Å². The second kappa shape index (κ2) is 8.49. The van der Waals surface area contributed by atoms with Gasteiger partial charge in [0.15, 0.2) is 0 Å². The van der Waals surface area contributed by atoms with E-state index in [-0.39, 0.29) is 5.97 Å². The second-order valence-electron chi connectivity index (χ2n) is 3.48. The van der Waals surface area contributed by atoms with Crippen LogP contribution in [0.25, 0.3) is 0 Å². The highest BCUT2D eigenvalue weighted by Gasteiger charge is 2.23. The number of carbonyl (C=O) groups excluding carboxylic acids is 1. The zero-order valence-electron chi connectivity index (χ0n) is 10.5. The van der Waals surface area contributed by atoms with Crippen LogP contribution in [-0.4, -0.2) is 41.4 Å². The lowest BCUT2D eigenvalue weighted by Gasteiger charge is -2.29. The molecule has 0 fully saturated rings. The Morgan fingerprint density at radius 2 is 1.94 bits per heavy atom. The van der Waals surface area contributed by atoms with Crippen LogP contribution in [0.2, 0.25) is 0 Å². The van der Waals surface area contributed by atoms with Crippen LogP contribution >= 0.6 is 0 Å². The third kappa shape index (κ3) is 6.76. The van der Waals surface area contributed by atoms with Gasteiger partial charge in [0.1, 0.15) is 5.41 Å². The Morgan fingerprint density at radius 3 is 2.38 bits per heavy atom. The van der Waals surface area contributed by atoms with Crippen molar-refractivity contribution in [3.63, 3.8) is 0 Å². The van der Waals surface area contributed by atoms with Gasteiger partial charge in [-0.15, -0.1) is 0 Å². The van der Waals surface area contributed by atoms with E-state index in [0.717, 1.165) is 23.1 Å². The molecule has 0 atom stereocenters. The minimum atomic E-state index is -0.440. The number of esters is 1. The molecule has 0 radical (unpaired) electrons. The highest BCUT2D eigenvalue weighted by atomic mass is 28.1. The molecule has 0 aliphatic rings. The van der Waals surface area contributed by atoms with Gasteiger partial charge in [0.05, 0.1) is 16.8 Å². The van der Waals surface area contributed by atoms with Gasteiger partial charge in [-0.05, 0) is 26.7 Å². The molecule has 0 aliphatic heterocycles. The molecule has 0 bridgehead atoms. The smallest absolute Gasteiger partial charge is 0.330 e. The SMILES string of the molecule is C=CC(=O)OCCCC([SiH3])(OCC)OCC. The minimum Gasteiger partial charge on any atom is -0.463 e. The van der Waals surface area contributed by atoms with E-state index in [4.69, 9.17) is 14.2 Å². The van der Waals surface area contributed by atoms with Crippen molar-refractivity contribution >= 4 is 16.2 Å². The Kier molecular flexibility index (Phi) is 8.15. The van der Waals surface area contributed by atoms with Gasteiger partial charge in [0.2, 0.25) is 0 Å². The maximum atomic E-state index is 10.8. The van der Waals surface area contributed by atoms with Crippen molar-refractivity contribution in [3.8, 4) is 0 Å². The summed E-state index contributed by atoms with van der Waals surface area (Å²) in [5, 5.41) is 0. The van der Waals surface area contributed by atoms with E-state index >= 15 is 0 Å². The fourth-order valence-corrected chi connectivity index (χ4v) is 2.35. The lowest BCUT2D eigenvalue weighted by molar-refractivity contribution is -0.179. The largest absolute Gasteiger partial charge is 0.463 e. The number of hydrogen-bond acceptors (Lipinski definition) is 4. The third-order valence-corrected chi connectivity index (χ3v) is 3.16. The summed E-state index contributed by atoms with van der Waals surface area (Å²) in [6.45, 7) is 8.88. The van der Waals surface area contributed by atoms with Crippen LogP contribution in [0.1, 0.15) is 26.7 Å². The predicted molar refractivity (Wildman–Crippen MR) is 66.3 cm³/mol. The van der Waals surface area contributed by atoms with Crippen molar-refractivity contribution in [2.24, 2.45) is 0 Å². The number of ether oxygens (including phenoxy) is 3. The minimum absolute atomic E-state index is 0.383. The summed E-state index contributed by atoms with van der Waals surface area (Å²) >= 11 is 0. The van der Waals surface area contributed by atoms with Crippen molar-refractivity contribution in [2.45, 2.75) is 32.1 Å². The summed E-state index contributed by atoms with van der Waals surface area (Å²) in [4.78, 5) is 10.8. The molecule has 5 heteroatoms. The first-order chi connectivity index (χ1) is 7.58. The number of hydrogen-bond donors (Lipinski definition) is 0. The van der Waals surface area contributed by atoms with Crippen molar-refractivity contribution in [1.29, 1.82) is 0 Å². The molecular formula is C11H22O4Si. The van der Waals surface area contributed by atoms with Gasteiger partial charge in [-0.25, -0.2) is 4.79 Å². The van der Waals surface area contributed by atoms with E-state index in [2.05, 4.69) is 6.58 Å². The summed E-state index contributed by atoms with van der Waals surface area (Å²) in [6, 6.07) is 0. The van der Waals surface area contributed by atoms with E-state index in [9.17, 15) is 4.79 Å². The zero-order valence-corrected chi connectivity index (χ0v) is 12.5. The van der Waals surface area contributed by atoms with Gasteiger partial charge in [-0.3, -0.25) is 0 Å². The fourth-order valence-electron chi connectivity index (χ4n) is 1.42. The average Bonchev–Trinajstić information content (AvgIpc) is 2.25. The molecule has 16 heavy (non-hydrogen) atoms. The van der Waals surface area contributed by atoms with Gasteiger partial charge in [-0.2, -0.15) is 0 Å². The van der Waals surface area contributed by atoms with E-state index in [1.54, 1.807) is 0 Å². The normalized spacial score (nSPS) is 11.4.